The second-order valence-electron chi connectivity index (χ2n) is 7.85. The van der Waals surface area contributed by atoms with E-state index in [4.69, 9.17) is 0 Å². The molecule has 0 saturated carbocycles. The van der Waals surface area contributed by atoms with E-state index in [1.54, 1.807) is 6.92 Å². The molecule has 33 heavy (non-hydrogen) atoms. The van der Waals surface area contributed by atoms with Crippen molar-refractivity contribution in [2.45, 2.75) is 32.8 Å². The molecule has 0 amide bonds. The highest BCUT2D eigenvalue weighted by molar-refractivity contribution is 5.91. The number of benzene rings is 1. The molecule has 4 aromatic rings. The van der Waals surface area contributed by atoms with E-state index >= 15 is 0 Å². The number of aromatic nitrogens is 5. The van der Waals surface area contributed by atoms with Crippen molar-refractivity contribution in [3.8, 4) is 11.8 Å². The number of aliphatic hydroxyl groups is 1. The van der Waals surface area contributed by atoms with E-state index in [1.165, 1.54) is 24.3 Å². The molecule has 0 atom stereocenters. The third-order valence-corrected chi connectivity index (χ3v) is 4.58. The Morgan fingerprint density at radius 1 is 1.12 bits per heavy atom. The number of nitrogens with zero attached hydrogens (tertiary/aromatic N) is 6. The highest BCUT2D eigenvalue weighted by Gasteiger charge is 2.23. The molecule has 7 nitrogen and oxygen atoms in total. The van der Waals surface area contributed by atoms with Crippen LogP contribution in [0.4, 0.5) is 29.1 Å². The van der Waals surface area contributed by atoms with Gasteiger partial charge in [-0.3, -0.25) is 0 Å². The van der Waals surface area contributed by atoms with Crippen LogP contribution in [0.5, 0.6) is 0 Å². The first kappa shape index (κ1) is 22.4. The highest BCUT2D eigenvalue weighted by atomic mass is 19.3. The van der Waals surface area contributed by atoms with Crippen LogP contribution in [0.25, 0.3) is 16.8 Å². The summed E-state index contributed by atoms with van der Waals surface area (Å²) in [6, 6.07) is 4.64. The molecule has 0 aliphatic carbocycles. The lowest BCUT2D eigenvalue weighted by Gasteiger charge is -2.25. The van der Waals surface area contributed by atoms with Crippen molar-refractivity contribution < 1.29 is 22.7 Å². The maximum Gasteiger partial charge on any atom is 0.258 e. The van der Waals surface area contributed by atoms with Crippen molar-refractivity contribution in [1.29, 1.82) is 0 Å². The summed E-state index contributed by atoms with van der Waals surface area (Å²) in [6.45, 7) is 3.68. The standard InChI is InChI=1S/C22H18F4N6O/c1-12-29-30-21-28-20(17-9-15(24)10-27-19(17)32(12)21)31(11-18(25)26)16-7-13(6-14(23)8-16)4-5-22(2,3)33/h6-10,18,33H,11H2,1-3H3. The van der Waals surface area contributed by atoms with Crippen molar-refractivity contribution in [1.82, 2.24) is 24.6 Å². The van der Waals surface area contributed by atoms with Crippen LogP contribution in [0.1, 0.15) is 25.2 Å². The lowest BCUT2D eigenvalue weighted by molar-refractivity contribution is 0.143. The zero-order chi connectivity index (χ0) is 23.9. The average molecular weight is 458 g/mol. The summed E-state index contributed by atoms with van der Waals surface area (Å²) < 4.78 is 57.2. The van der Waals surface area contributed by atoms with Gasteiger partial charge in [-0.25, -0.2) is 26.9 Å². The minimum Gasteiger partial charge on any atom is -0.378 e. The van der Waals surface area contributed by atoms with Gasteiger partial charge in [0, 0.05) is 11.3 Å². The van der Waals surface area contributed by atoms with Crippen LogP contribution < -0.4 is 4.90 Å². The minimum atomic E-state index is -2.84. The molecule has 11 heteroatoms. The minimum absolute atomic E-state index is 0.00833. The van der Waals surface area contributed by atoms with Gasteiger partial charge >= 0.3 is 0 Å². The van der Waals surface area contributed by atoms with Crippen molar-refractivity contribution in [3.05, 3.63) is 53.5 Å². The molecule has 1 N–H and O–H groups in total. The highest BCUT2D eigenvalue weighted by Crippen LogP contribution is 2.33. The van der Waals surface area contributed by atoms with Crippen LogP contribution in [0.3, 0.4) is 0 Å². The van der Waals surface area contributed by atoms with Gasteiger partial charge in [-0.15, -0.1) is 10.2 Å². The third-order valence-electron chi connectivity index (χ3n) is 4.58. The molecule has 0 bridgehead atoms. The van der Waals surface area contributed by atoms with Crippen molar-refractivity contribution in [3.63, 3.8) is 0 Å². The molecule has 4 rings (SSSR count). The topological polar surface area (TPSA) is 79.4 Å². The normalized spacial score (nSPS) is 11.8. The van der Waals surface area contributed by atoms with E-state index < -0.39 is 30.2 Å². The Kier molecular flexibility index (Phi) is 5.63. The number of aryl methyl sites for hydroxylation is 1. The van der Waals surface area contributed by atoms with Crippen LogP contribution in [-0.4, -0.2) is 48.2 Å². The van der Waals surface area contributed by atoms with Gasteiger partial charge in [0.1, 0.15) is 28.9 Å². The summed E-state index contributed by atoms with van der Waals surface area (Å²) in [5, 5.41) is 17.8. The molecule has 0 unspecified atom stereocenters. The lowest BCUT2D eigenvalue weighted by atomic mass is 10.1. The summed E-state index contributed by atoms with van der Waals surface area (Å²) in [5.74, 6) is 4.13. The number of rotatable bonds is 4. The van der Waals surface area contributed by atoms with E-state index in [2.05, 4.69) is 32.0 Å². The lowest BCUT2D eigenvalue weighted by Crippen LogP contribution is -2.26. The van der Waals surface area contributed by atoms with Crippen molar-refractivity contribution >= 4 is 28.3 Å². The second-order valence-corrected chi connectivity index (χ2v) is 7.85. The molecule has 0 spiro atoms. The van der Waals surface area contributed by atoms with Gasteiger partial charge in [0.05, 0.1) is 18.1 Å². The van der Waals surface area contributed by atoms with E-state index in [9.17, 15) is 22.7 Å². The first-order chi connectivity index (χ1) is 15.5. The van der Waals surface area contributed by atoms with Gasteiger partial charge < -0.3 is 10.0 Å². The molecule has 0 aliphatic heterocycles. The maximum atomic E-state index is 14.4. The maximum absolute atomic E-state index is 14.4. The first-order valence-corrected chi connectivity index (χ1v) is 9.80. The van der Waals surface area contributed by atoms with Crippen LogP contribution in [0.2, 0.25) is 0 Å². The summed E-state index contributed by atoms with van der Waals surface area (Å²) in [7, 11) is 0. The largest absolute Gasteiger partial charge is 0.378 e. The smallest absolute Gasteiger partial charge is 0.258 e. The van der Waals surface area contributed by atoms with E-state index in [0.717, 1.165) is 29.3 Å². The number of hydrogen-bond acceptors (Lipinski definition) is 6. The summed E-state index contributed by atoms with van der Waals surface area (Å²) >= 11 is 0. The summed E-state index contributed by atoms with van der Waals surface area (Å²) in [5.41, 5.74) is -0.975. The SMILES string of the molecule is Cc1nnc2nc(N(CC(F)F)c3cc(F)cc(C#CC(C)(C)O)c3)c3cc(F)cnc3n12. The van der Waals surface area contributed by atoms with Gasteiger partial charge in [-0.05, 0) is 45.0 Å². The summed E-state index contributed by atoms with van der Waals surface area (Å²) in [6.07, 6.45) is -1.86. The fourth-order valence-electron chi connectivity index (χ4n) is 3.29. The van der Waals surface area contributed by atoms with Crippen molar-refractivity contribution in [2.24, 2.45) is 0 Å². The second kappa shape index (κ2) is 8.29. The fraction of sp³-hybridized carbons (Fsp3) is 0.273. The Morgan fingerprint density at radius 3 is 2.58 bits per heavy atom. The molecule has 3 aromatic heterocycles. The van der Waals surface area contributed by atoms with Gasteiger partial charge in [-0.1, -0.05) is 11.8 Å². The molecule has 0 saturated heterocycles. The summed E-state index contributed by atoms with van der Waals surface area (Å²) in [4.78, 5) is 9.45. The van der Waals surface area contributed by atoms with Crippen LogP contribution >= 0.6 is 0 Å². The molecule has 0 aliphatic rings. The Morgan fingerprint density at radius 2 is 1.88 bits per heavy atom. The van der Waals surface area contributed by atoms with Gasteiger partial charge in [0.25, 0.3) is 12.2 Å². The Labute approximate surface area is 185 Å². The van der Waals surface area contributed by atoms with E-state index in [0.29, 0.717) is 5.82 Å². The number of fused-ring (bicyclic) bond motifs is 3. The van der Waals surface area contributed by atoms with Crippen molar-refractivity contribution in [2.75, 3.05) is 11.4 Å². The number of halogens is 4. The van der Waals surface area contributed by atoms with E-state index in [-0.39, 0.29) is 33.9 Å². The predicted octanol–water partition coefficient (Wildman–Crippen LogP) is 3.78. The molecule has 0 radical (unpaired) electrons. The van der Waals surface area contributed by atoms with Crippen LogP contribution in [0.15, 0.2) is 30.5 Å². The quantitative estimate of drug-likeness (QED) is 0.370. The number of alkyl halides is 2. The molecule has 1 aromatic carbocycles. The average Bonchev–Trinajstić information content (AvgIpc) is 3.09. The Bertz CT molecular complexity index is 1420. The molecule has 0 fully saturated rings. The van der Waals surface area contributed by atoms with Crippen LogP contribution in [0, 0.1) is 30.4 Å². The fourth-order valence-corrected chi connectivity index (χ4v) is 3.29. The van der Waals surface area contributed by atoms with Crippen LogP contribution in [-0.2, 0) is 0 Å². The van der Waals surface area contributed by atoms with Gasteiger partial charge in [0.2, 0.25) is 0 Å². The number of anilines is 2. The van der Waals surface area contributed by atoms with E-state index in [1.807, 2.05) is 0 Å². The number of hydrogen-bond donors (Lipinski definition) is 1. The molecular weight excluding hydrogens is 440 g/mol. The zero-order valence-electron chi connectivity index (χ0n) is 17.8. The first-order valence-electron chi connectivity index (χ1n) is 9.80. The third kappa shape index (κ3) is 4.70. The van der Waals surface area contributed by atoms with Gasteiger partial charge in [-0.2, -0.15) is 4.98 Å². The molecular formula is C22H18F4N6O. The predicted molar refractivity (Wildman–Crippen MR) is 113 cm³/mol. The zero-order valence-corrected chi connectivity index (χ0v) is 17.8. The van der Waals surface area contributed by atoms with Gasteiger partial charge in [0.15, 0.2) is 5.65 Å². The molecule has 3 heterocycles. The monoisotopic (exact) mass is 458 g/mol. The Balaban J connectivity index is 1.98. The Hall–Kier alpha value is -3.78. The molecule has 170 valence electrons. The number of pyridine rings is 1.